The van der Waals surface area contributed by atoms with Crippen LogP contribution in [0.4, 0.5) is 5.69 Å². The zero-order chi connectivity index (χ0) is 17.9. The molecule has 0 spiro atoms. The van der Waals surface area contributed by atoms with E-state index in [1.54, 1.807) is 31.2 Å². The highest BCUT2D eigenvalue weighted by atomic mass is 32.2. The Labute approximate surface area is 141 Å². The molecule has 7 heteroatoms. The molecule has 128 valence electrons. The van der Waals surface area contributed by atoms with E-state index in [-0.39, 0.29) is 10.5 Å². The Morgan fingerprint density at radius 3 is 2.33 bits per heavy atom. The van der Waals surface area contributed by atoms with E-state index in [9.17, 15) is 18.3 Å². The summed E-state index contributed by atoms with van der Waals surface area (Å²) < 4.78 is 31.8. The lowest BCUT2D eigenvalue weighted by molar-refractivity contribution is -0.255. The summed E-state index contributed by atoms with van der Waals surface area (Å²) in [6.07, 6.45) is 0. The van der Waals surface area contributed by atoms with Crippen LogP contribution in [0.25, 0.3) is 0 Å². The molecule has 0 aliphatic carbocycles. The third-order valence-electron chi connectivity index (χ3n) is 3.60. The van der Waals surface area contributed by atoms with E-state index in [4.69, 9.17) is 4.74 Å². The molecule has 0 saturated carbocycles. The predicted molar refractivity (Wildman–Crippen MR) is 88.7 cm³/mol. The number of rotatable bonds is 6. The highest BCUT2D eigenvalue weighted by molar-refractivity contribution is 7.92. The first-order valence-electron chi connectivity index (χ1n) is 7.31. The van der Waals surface area contributed by atoms with E-state index in [1.165, 1.54) is 19.2 Å². The Balaban J connectivity index is 2.39. The number of benzene rings is 2. The lowest BCUT2D eigenvalue weighted by Gasteiger charge is -2.20. The van der Waals surface area contributed by atoms with Crippen molar-refractivity contribution in [3.8, 4) is 5.75 Å². The molecular formula is C17H18NO5S-. The summed E-state index contributed by atoms with van der Waals surface area (Å²) in [6.45, 7) is 3.96. The Morgan fingerprint density at radius 2 is 1.79 bits per heavy atom. The molecule has 2 aromatic carbocycles. The second kappa shape index (κ2) is 6.92. The number of aromatic carboxylic acids is 1. The van der Waals surface area contributed by atoms with Gasteiger partial charge in [0.2, 0.25) is 0 Å². The fourth-order valence-corrected chi connectivity index (χ4v) is 3.42. The summed E-state index contributed by atoms with van der Waals surface area (Å²) in [5.41, 5.74) is 0.739. The van der Waals surface area contributed by atoms with Gasteiger partial charge in [-0.15, -0.1) is 0 Å². The van der Waals surface area contributed by atoms with Gasteiger partial charge in [-0.1, -0.05) is 6.07 Å². The molecule has 24 heavy (non-hydrogen) atoms. The van der Waals surface area contributed by atoms with Crippen molar-refractivity contribution in [2.24, 2.45) is 0 Å². The van der Waals surface area contributed by atoms with Crippen LogP contribution in [0.2, 0.25) is 0 Å². The maximum absolute atomic E-state index is 12.7. The average Bonchev–Trinajstić information content (AvgIpc) is 2.55. The van der Waals surface area contributed by atoms with E-state index < -0.39 is 16.0 Å². The Kier molecular flexibility index (Phi) is 5.14. The molecule has 0 unspecified atom stereocenters. The molecule has 0 radical (unpaired) electrons. The SMILES string of the molecule is CCOc1ccc(N(C)S(=O)(=O)c2ccc(C)c(C(=O)[O-])c2)cc1. The Morgan fingerprint density at radius 1 is 1.17 bits per heavy atom. The summed E-state index contributed by atoms with van der Waals surface area (Å²) in [6, 6.07) is 10.5. The van der Waals surface area contributed by atoms with Crippen LogP contribution in [-0.2, 0) is 10.0 Å². The summed E-state index contributed by atoms with van der Waals surface area (Å²) >= 11 is 0. The summed E-state index contributed by atoms with van der Waals surface area (Å²) in [5, 5.41) is 11.1. The maximum Gasteiger partial charge on any atom is 0.264 e. The van der Waals surface area contributed by atoms with Crippen molar-refractivity contribution in [1.82, 2.24) is 0 Å². The van der Waals surface area contributed by atoms with Gasteiger partial charge >= 0.3 is 0 Å². The van der Waals surface area contributed by atoms with Gasteiger partial charge < -0.3 is 14.6 Å². The summed E-state index contributed by atoms with van der Waals surface area (Å²) in [7, 11) is -2.48. The van der Waals surface area contributed by atoms with Gasteiger partial charge in [0.15, 0.2) is 0 Å². The van der Waals surface area contributed by atoms with Gasteiger partial charge in [0.05, 0.1) is 23.2 Å². The van der Waals surface area contributed by atoms with Gasteiger partial charge in [-0.25, -0.2) is 8.42 Å². The third-order valence-corrected chi connectivity index (χ3v) is 5.38. The highest BCUT2D eigenvalue weighted by Gasteiger charge is 2.22. The molecule has 0 N–H and O–H groups in total. The van der Waals surface area contributed by atoms with Crippen LogP contribution < -0.4 is 14.1 Å². The van der Waals surface area contributed by atoms with Gasteiger partial charge in [-0.2, -0.15) is 0 Å². The molecule has 2 aromatic rings. The monoisotopic (exact) mass is 348 g/mol. The number of aryl methyl sites for hydroxylation is 1. The van der Waals surface area contributed by atoms with Crippen LogP contribution in [0.3, 0.4) is 0 Å². The van der Waals surface area contributed by atoms with Gasteiger partial charge in [-0.3, -0.25) is 4.31 Å². The molecule has 0 aromatic heterocycles. The number of anilines is 1. The van der Waals surface area contributed by atoms with E-state index in [0.29, 0.717) is 23.6 Å². The standard InChI is InChI=1S/C17H19NO5S/c1-4-23-14-8-6-13(7-9-14)18(3)24(21,22)15-10-5-12(2)16(11-15)17(19)20/h5-11H,4H2,1-3H3,(H,19,20)/p-1. The summed E-state index contributed by atoms with van der Waals surface area (Å²) in [4.78, 5) is 11.0. The first-order valence-corrected chi connectivity index (χ1v) is 8.75. The van der Waals surface area contributed by atoms with Crippen molar-refractivity contribution in [3.05, 3.63) is 53.6 Å². The van der Waals surface area contributed by atoms with Crippen LogP contribution in [-0.4, -0.2) is 28.0 Å². The molecule has 0 aliphatic rings. The first kappa shape index (κ1) is 17.8. The van der Waals surface area contributed by atoms with Crippen LogP contribution in [0, 0.1) is 6.92 Å². The van der Waals surface area contributed by atoms with E-state index >= 15 is 0 Å². The molecule has 0 heterocycles. The molecule has 0 atom stereocenters. The summed E-state index contributed by atoms with van der Waals surface area (Å²) in [5.74, 6) is -0.769. The lowest BCUT2D eigenvalue weighted by Crippen LogP contribution is -2.28. The van der Waals surface area contributed by atoms with Crippen LogP contribution in [0.1, 0.15) is 22.8 Å². The van der Waals surface area contributed by atoms with Crippen molar-refractivity contribution in [2.75, 3.05) is 18.0 Å². The second-order valence-corrected chi connectivity index (χ2v) is 7.13. The van der Waals surface area contributed by atoms with Gasteiger partial charge in [0, 0.05) is 12.6 Å². The number of nitrogens with zero attached hydrogens (tertiary/aromatic N) is 1. The Hall–Kier alpha value is -2.54. The lowest BCUT2D eigenvalue weighted by atomic mass is 10.1. The van der Waals surface area contributed by atoms with Crippen LogP contribution in [0.15, 0.2) is 47.4 Å². The third kappa shape index (κ3) is 3.51. The maximum atomic E-state index is 12.7. The second-order valence-electron chi connectivity index (χ2n) is 5.16. The molecule has 0 fully saturated rings. The topological polar surface area (TPSA) is 86.7 Å². The minimum absolute atomic E-state index is 0.108. The molecule has 0 amide bonds. The van der Waals surface area contributed by atoms with E-state index in [2.05, 4.69) is 0 Å². The smallest absolute Gasteiger partial charge is 0.264 e. The van der Waals surface area contributed by atoms with Crippen molar-refractivity contribution in [2.45, 2.75) is 18.7 Å². The van der Waals surface area contributed by atoms with Crippen molar-refractivity contribution >= 4 is 21.7 Å². The van der Waals surface area contributed by atoms with Crippen LogP contribution in [0.5, 0.6) is 5.75 Å². The van der Waals surface area contributed by atoms with Crippen molar-refractivity contribution in [3.63, 3.8) is 0 Å². The van der Waals surface area contributed by atoms with Crippen molar-refractivity contribution < 1.29 is 23.1 Å². The average molecular weight is 348 g/mol. The molecule has 6 nitrogen and oxygen atoms in total. The molecule has 0 bridgehead atoms. The van der Waals surface area contributed by atoms with Crippen LogP contribution >= 0.6 is 0 Å². The first-order chi connectivity index (χ1) is 11.3. The number of ether oxygens (including phenoxy) is 1. The fraction of sp³-hybridized carbons (Fsp3) is 0.235. The number of carboxylic acids is 1. The number of sulfonamides is 1. The highest BCUT2D eigenvalue weighted by Crippen LogP contribution is 2.25. The van der Waals surface area contributed by atoms with Crippen molar-refractivity contribution in [1.29, 1.82) is 0 Å². The van der Waals surface area contributed by atoms with Gasteiger partial charge in [-0.05, 0) is 55.8 Å². The minimum atomic E-state index is -3.89. The van der Waals surface area contributed by atoms with Gasteiger partial charge in [0.1, 0.15) is 5.75 Å². The number of carboxylic acid groups (broad SMARTS) is 1. The van der Waals surface area contributed by atoms with E-state index in [1.807, 2.05) is 6.92 Å². The predicted octanol–water partition coefficient (Wildman–Crippen LogP) is 1.58. The largest absolute Gasteiger partial charge is 0.545 e. The van der Waals surface area contributed by atoms with Gasteiger partial charge in [0.25, 0.3) is 10.0 Å². The number of carbonyl (C=O) groups is 1. The number of carbonyl (C=O) groups excluding carboxylic acids is 1. The minimum Gasteiger partial charge on any atom is -0.545 e. The number of hydrogen-bond donors (Lipinski definition) is 0. The normalized spacial score (nSPS) is 11.1. The molecule has 0 saturated heterocycles. The fourth-order valence-electron chi connectivity index (χ4n) is 2.20. The zero-order valence-corrected chi connectivity index (χ0v) is 14.5. The number of hydrogen-bond acceptors (Lipinski definition) is 5. The Bertz CT molecular complexity index is 844. The molecular weight excluding hydrogens is 330 g/mol. The zero-order valence-electron chi connectivity index (χ0n) is 13.6. The van der Waals surface area contributed by atoms with E-state index in [0.717, 1.165) is 10.4 Å². The quantitative estimate of drug-likeness (QED) is 0.791. The molecule has 2 rings (SSSR count). The molecule has 0 aliphatic heterocycles.